The number of rotatable bonds is 7. The second-order valence-electron chi connectivity index (χ2n) is 8.00. The molecular weight excluding hydrogens is 381 g/mol. The number of ether oxygens (including phenoxy) is 1. The Morgan fingerprint density at radius 1 is 1.07 bits per heavy atom. The molecule has 1 saturated heterocycles. The predicted octanol–water partition coefficient (Wildman–Crippen LogP) is 3.16. The number of para-hydroxylation sites is 1. The van der Waals surface area contributed by atoms with E-state index >= 15 is 0 Å². The first-order valence-electron chi connectivity index (χ1n) is 10.9. The maximum atomic E-state index is 13.9. The Hall–Kier alpha value is -2.44. The maximum absolute atomic E-state index is 13.9. The van der Waals surface area contributed by atoms with E-state index in [1.807, 2.05) is 24.3 Å². The highest BCUT2D eigenvalue weighted by molar-refractivity contribution is 5.76. The summed E-state index contributed by atoms with van der Waals surface area (Å²) in [5.41, 5.74) is 3.12. The van der Waals surface area contributed by atoms with E-state index in [2.05, 4.69) is 27.2 Å². The molecule has 1 N–H and O–H groups in total. The minimum absolute atomic E-state index is 0.0427. The Labute approximate surface area is 177 Å². The van der Waals surface area contributed by atoms with Crippen LogP contribution in [0.15, 0.2) is 48.5 Å². The van der Waals surface area contributed by atoms with E-state index in [0.717, 1.165) is 51.1 Å². The highest BCUT2D eigenvalue weighted by Crippen LogP contribution is 2.29. The van der Waals surface area contributed by atoms with Crippen molar-refractivity contribution in [3.8, 4) is 0 Å². The monoisotopic (exact) mass is 411 g/mol. The molecule has 5 nitrogen and oxygen atoms in total. The number of benzene rings is 2. The number of nitrogens with zero attached hydrogens (tertiary/aromatic N) is 2. The number of halogens is 1. The van der Waals surface area contributed by atoms with Gasteiger partial charge in [0, 0.05) is 32.7 Å². The normalized spacial score (nSPS) is 19.4. The summed E-state index contributed by atoms with van der Waals surface area (Å²) in [6, 6.07) is 15.2. The van der Waals surface area contributed by atoms with Crippen LogP contribution in [0.25, 0.3) is 0 Å². The van der Waals surface area contributed by atoms with E-state index in [4.69, 9.17) is 4.74 Å². The average molecular weight is 412 g/mol. The zero-order valence-corrected chi connectivity index (χ0v) is 17.4. The van der Waals surface area contributed by atoms with Gasteiger partial charge in [0.25, 0.3) is 0 Å². The summed E-state index contributed by atoms with van der Waals surface area (Å²) in [6.07, 6.45) is 2.06. The maximum Gasteiger partial charge on any atom is 0.222 e. The smallest absolute Gasteiger partial charge is 0.222 e. The van der Waals surface area contributed by atoms with Crippen LogP contribution in [0.2, 0.25) is 0 Å². The molecule has 4 rings (SSSR count). The van der Waals surface area contributed by atoms with Crippen LogP contribution in [0.5, 0.6) is 0 Å². The number of anilines is 1. The van der Waals surface area contributed by atoms with Crippen molar-refractivity contribution in [1.82, 2.24) is 10.2 Å². The molecule has 1 atom stereocenters. The van der Waals surface area contributed by atoms with Gasteiger partial charge >= 0.3 is 0 Å². The number of piperazine rings is 1. The van der Waals surface area contributed by atoms with E-state index in [0.29, 0.717) is 25.3 Å². The molecule has 0 aromatic heterocycles. The van der Waals surface area contributed by atoms with Crippen molar-refractivity contribution in [1.29, 1.82) is 0 Å². The van der Waals surface area contributed by atoms with E-state index in [-0.39, 0.29) is 17.8 Å². The van der Waals surface area contributed by atoms with Gasteiger partial charge < -0.3 is 15.0 Å². The molecule has 0 saturated carbocycles. The fourth-order valence-corrected chi connectivity index (χ4v) is 4.34. The lowest BCUT2D eigenvalue weighted by Gasteiger charge is -2.36. The lowest BCUT2D eigenvalue weighted by molar-refractivity contribution is -0.124. The number of carbonyl (C=O) groups excluding carboxylic acids is 1. The fourth-order valence-electron chi connectivity index (χ4n) is 4.34. The zero-order chi connectivity index (χ0) is 20.8. The van der Waals surface area contributed by atoms with Gasteiger partial charge in [-0.3, -0.25) is 9.69 Å². The molecule has 1 amide bonds. The van der Waals surface area contributed by atoms with Crippen LogP contribution in [0.4, 0.5) is 10.1 Å². The fraction of sp³-hybridized carbons (Fsp3) is 0.458. The highest BCUT2D eigenvalue weighted by atomic mass is 19.1. The Morgan fingerprint density at radius 2 is 1.83 bits per heavy atom. The molecule has 160 valence electrons. The van der Waals surface area contributed by atoms with E-state index in [9.17, 15) is 9.18 Å². The lowest BCUT2D eigenvalue weighted by Crippen LogP contribution is -2.47. The summed E-state index contributed by atoms with van der Waals surface area (Å²) in [5.74, 6) is -0.112. The van der Waals surface area contributed by atoms with E-state index in [1.54, 1.807) is 6.07 Å². The third kappa shape index (κ3) is 5.18. The molecule has 0 aliphatic carbocycles. The standard InChI is InChI=1S/C24H30FN3O2/c25-21-8-3-4-9-22(21)28-15-13-27(14-16-28)12-5-11-26-24(29)18-23-20-7-2-1-6-19(20)10-17-30-23/h1-4,6-9,23H,5,10-18H2,(H,26,29). The molecule has 1 fully saturated rings. The van der Waals surface area contributed by atoms with Crippen molar-refractivity contribution in [3.05, 3.63) is 65.5 Å². The Balaban J connectivity index is 1.14. The summed E-state index contributed by atoms with van der Waals surface area (Å²) >= 11 is 0. The summed E-state index contributed by atoms with van der Waals surface area (Å²) in [6.45, 7) is 5.75. The largest absolute Gasteiger partial charge is 0.373 e. The number of fused-ring (bicyclic) bond motifs is 1. The van der Waals surface area contributed by atoms with Crippen molar-refractivity contribution in [3.63, 3.8) is 0 Å². The van der Waals surface area contributed by atoms with Gasteiger partial charge in [-0.2, -0.15) is 0 Å². The molecule has 0 spiro atoms. The van der Waals surface area contributed by atoms with Crippen LogP contribution in [0.1, 0.15) is 30.1 Å². The Bertz CT molecular complexity index is 852. The first-order valence-corrected chi connectivity index (χ1v) is 10.9. The number of hydrogen-bond acceptors (Lipinski definition) is 4. The minimum atomic E-state index is -0.154. The van der Waals surface area contributed by atoms with Crippen molar-refractivity contribution in [2.45, 2.75) is 25.4 Å². The third-order valence-electron chi connectivity index (χ3n) is 6.00. The summed E-state index contributed by atoms with van der Waals surface area (Å²) < 4.78 is 19.8. The molecule has 2 heterocycles. The van der Waals surface area contributed by atoms with Gasteiger partial charge in [-0.25, -0.2) is 4.39 Å². The van der Waals surface area contributed by atoms with Gasteiger partial charge in [0.2, 0.25) is 5.91 Å². The van der Waals surface area contributed by atoms with Gasteiger partial charge in [-0.15, -0.1) is 0 Å². The van der Waals surface area contributed by atoms with Gasteiger partial charge in [-0.1, -0.05) is 36.4 Å². The summed E-state index contributed by atoms with van der Waals surface area (Å²) in [5, 5.41) is 3.04. The number of carbonyl (C=O) groups is 1. The molecule has 6 heteroatoms. The highest BCUT2D eigenvalue weighted by Gasteiger charge is 2.23. The van der Waals surface area contributed by atoms with Gasteiger partial charge in [0.1, 0.15) is 5.82 Å². The molecule has 0 radical (unpaired) electrons. The van der Waals surface area contributed by atoms with Crippen molar-refractivity contribution in [2.75, 3.05) is 50.8 Å². The second kappa shape index (κ2) is 10.0. The number of hydrogen-bond donors (Lipinski definition) is 1. The van der Waals surface area contributed by atoms with Gasteiger partial charge in [0.05, 0.1) is 24.8 Å². The number of amides is 1. The van der Waals surface area contributed by atoms with Crippen LogP contribution in [-0.2, 0) is 16.0 Å². The van der Waals surface area contributed by atoms with Crippen LogP contribution in [0, 0.1) is 5.82 Å². The van der Waals surface area contributed by atoms with Crippen LogP contribution >= 0.6 is 0 Å². The quantitative estimate of drug-likeness (QED) is 0.711. The predicted molar refractivity (Wildman–Crippen MR) is 116 cm³/mol. The van der Waals surface area contributed by atoms with Crippen molar-refractivity contribution in [2.24, 2.45) is 0 Å². The topological polar surface area (TPSA) is 44.8 Å². The van der Waals surface area contributed by atoms with Crippen LogP contribution < -0.4 is 10.2 Å². The van der Waals surface area contributed by atoms with Gasteiger partial charge in [-0.05, 0) is 42.6 Å². The van der Waals surface area contributed by atoms with Crippen LogP contribution in [0.3, 0.4) is 0 Å². The summed E-state index contributed by atoms with van der Waals surface area (Å²) in [4.78, 5) is 16.8. The molecule has 1 unspecified atom stereocenters. The molecule has 30 heavy (non-hydrogen) atoms. The third-order valence-corrected chi connectivity index (χ3v) is 6.00. The molecule has 2 aliphatic rings. The minimum Gasteiger partial charge on any atom is -0.373 e. The number of nitrogens with one attached hydrogen (secondary N) is 1. The molecule has 2 aromatic carbocycles. The second-order valence-corrected chi connectivity index (χ2v) is 8.00. The van der Waals surface area contributed by atoms with Gasteiger partial charge in [0.15, 0.2) is 0 Å². The zero-order valence-electron chi connectivity index (χ0n) is 17.4. The first kappa shape index (κ1) is 20.8. The Morgan fingerprint density at radius 3 is 2.67 bits per heavy atom. The Kier molecular flexibility index (Phi) is 6.97. The molecule has 2 aromatic rings. The van der Waals surface area contributed by atoms with Crippen LogP contribution in [-0.4, -0.2) is 56.7 Å². The van der Waals surface area contributed by atoms with E-state index < -0.39 is 0 Å². The molecule has 2 aliphatic heterocycles. The lowest BCUT2D eigenvalue weighted by atomic mass is 9.95. The SMILES string of the molecule is O=C(CC1OCCc2ccccc21)NCCCN1CCN(c2ccccc2F)CC1. The average Bonchev–Trinajstić information content (AvgIpc) is 2.78. The molecule has 0 bridgehead atoms. The van der Waals surface area contributed by atoms with E-state index in [1.165, 1.54) is 11.6 Å². The van der Waals surface area contributed by atoms with Crippen molar-refractivity contribution < 1.29 is 13.9 Å². The van der Waals surface area contributed by atoms with Crippen molar-refractivity contribution >= 4 is 11.6 Å². The summed E-state index contributed by atoms with van der Waals surface area (Å²) in [7, 11) is 0. The first-order chi connectivity index (χ1) is 14.7. The molecular formula is C24H30FN3O2.